The second-order valence-electron chi connectivity index (χ2n) is 20.4. The molecule has 0 spiro atoms. The summed E-state index contributed by atoms with van der Waals surface area (Å²) in [4.78, 5) is 51.9. The van der Waals surface area contributed by atoms with Crippen LogP contribution in [0.1, 0.15) is 101 Å². The van der Waals surface area contributed by atoms with Crippen molar-refractivity contribution in [1.29, 1.82) is 0 Å². The fourth-order valence-corrected chi connectivity index (χ4v) is 3570. The van der Waals surface area contributed by atoms with Crippen molar-refractivity contribution in [2.45, 2.75) is 95.8 Å². The third kappa shape index (κ3) is 34.0. The van der Waals surface area contributed by atoms with Gasteiger partial charge in [-0.3, -0.25) is 9.59 Å². The molecule has 2 fully saturated rings. The van der Waals surface area contributed by atoms with Crippen molar-refractivity contribution in [3.8, 4) is 11.5 Å². The summed E-state index contributed by atoms with van der Waals surface area (Å²) in [5.41, 5.74) is 14.7. The molecule has 0 unspecified atom stereocenters. The fraction of sp³-hybridized carbons (Fsp3) is 0.375. The number of benzene rings is 4. The number of carbonyl (C=O) groups is 3. The second-order valence-corrected chi connectivity index (χ2v) is 524. The van der Waals surface area contributed by atoms with Crippen LogP contribution in [0.15, 0.2) is 97.3 Å². The molecule has 0 aliphatic carbocycles. The van der Waals surface area contributed by atoms with E-state index in [2.05, 4.69) is 259 Å². The maximum atomic E-state index is 13.8. The Morgan fingerprint density at radius 1 is 0.594 bits per heavy atom. The van der Waals surface area contributed by atoms with Crippen LogP contribution in [0.2, 0.25) is 0 Å². The molecule has 2 aliphatic heterocycles. The van der Waals surface area contributed by atoms with E-state index in [1.165, 1.54) is 7.11 Å². The summed E-state index contributed by atoms with van der Waals surface area (Å²) < 4.78 is 93.7. The molecule has 7 N–H and O–H groups in total. The van der Waals surface area contributed by atoms with Gasteiger partial charge in [0.2, 0.25) is 23.7 Å². The number of primary amides is 2. The number of halogens is 29. The van der Waals surface area contributed by atoms with Crippen molar-refractivity contribution in [2.75, 3.05) is 51.0 Å². The molecule has 2 aliphatic rings. The van der Waals surface area contributed by atoms with Gasteiger partial charge in [-0.05, 0) is 147 Å². The molecule has 4 aromatic carbocycles. The molecule has 575 valence electrons. The molecule has 1 radical (unpaired) electrons. The minimum absolute atomic E-state index is 0. The third-order valence-corrected chi connectivity index (χ3v) is 1580. The average Bonchev–Trinajstić information content (AvgIpc) is 0.810. The van der Waals surface area contributed by atoms with Crippen LogP contribution in [0.3, 0.4) is 0 Å². The van der Waals surface area contributed by atoms with Gasteiger partial charge in [0.25, 0.3) is 7.41 Å². The van der Waals surface area contributed by atoms with E-state index in [0.29, 0.717) is 59.1 Å². The third-order valence-electron chi connectivity index (χ3n) is 14.4. The number of amides is 2. The first-order chi connectivity index (χ1) is 47.4. The van der Waals surface area contributed by atoms with E-state index in [1.807, 2.05) is 35.1 Å². The zero-order chi connectivity index (χ0) is 73.6. The Morgan fingerprint density at radius 3 is 1.33 bits per heavy atom. The Hall–Kier alpha value is 9.20. The van der Waals surface area contributed by atoms with Gasteiger partial charge in [-0.15, -0.1) is 0 Å². The predicted octanol–water partition coefficient (Wildman–Crippen LogP) is 25.7. The Balaban J connectivity index is 0.000000282. The zero-order valence-electron chi connectivity index (χ0n) is 51.3. The first kappa shape index (κ1) is 101. The van der Waals surface area contributed by atoms with Gasteiger partial charge in [-0.2, -0.15) is 26.3 Å². The van der Waals surface area contributed by atoms with Crippen LogP contribution in [-0.2, 0) is 65.3 Å². The normalized spacial score (nSPS) is 15.1. The summed E-state index contributed by atoms with van der Waals surface area (Å²) in [6, 6.07) is 25.6. The van der Waals surface area contributed by atoms with Gasteiger partial charge in [0, 0.05) is 12.4 Å². The van der Waals surface area contributed by atoms with Gasteiger partial charge in [-0.25, -0.2) is 19.9 Å². The number of nitrogens with zero attached hydrogens (tertiary/aromatic N) is 5. The summed E-state index contributed by atoms with van der Waals surface area (Å²) in [6.07, 6.45) is -2.50. The Bertz CT molecular complexity index is 3630. The van der Waals surface area contributed by atoms with Crippen LogP contribution in [-0.4, -0.2) is 90.6 Å². The fourth-order valence-electron chi connectivity index (χ4n) is 9.90. The summed E-state index contributed by atoms with van der Waals surface area (Å²) in [5, 5.41) is 9.37. The van der Waals surface area contributed by atoms with E-state index in [4.69, 9.17) is 20.9 Å². The van der Waals surface area contributed by atoms with Crippen molar-refractivity contribution >= 4 is 351 Å². The molecule has 0 atom stereocenters. The molecule has 2 saturated heterocycles. The summed E-state index contributed by atoms with van der Waals surface area (Å²) in [6.45, 7) is 3.48. The van der Waals surface area contributed by atoms with Gasteiger partial charge in [0.05, 0.1) is 67.1 Å². The van der Waals surface area contributed by atoms with Crippen molar-refractivity contribution in [3.05, 3.63) is 153 Å². The van der Waals surface area contributed by atoms with Crippen LogP contribution in [0, 0.1) is 0 Å². The number of methoxy groups -OCH3 is 2. The summed E-state index contributed by atoms with van der Waals surface area (Å²) in [5.74, 6) is 0.849. The van der Waals surface area contributed by atoms with Crippen LogP contribution in [0.4, 0.5) is 49.6 Å². The van der Waals surface area contributed by atoms with Crippen molar-refractivity contribution < 1.29 is 63.5 Å². The number of nitrogens with two attached hydrogens (primary N) is 2. The zero-order valence-corrected chi connectivity index (χ0v) is 101. The van der Waals surface area contributed by atoms with Gasteiger partial charge in [-0.1, -0.05) is 68.1 Å². The number of aromatic nitrogens is 4. The number of rotatable bonds is 30. The first-order valence-corrected chi connectivity index (χ1v) is 167. The maximum absolute atomic E-state index is 13.8. The van der Waals surface area contributed by atoms with E-state index in [0.717, 1.165) is 92.7 Å². The minimum atomic E-state index is -4.63. The number of aryl methyl sites for hydroxylation is 4. The quantitative estimate of drug-likeness (QED) is 0.0123. The van der Waals surface area contributed by atoms with E-state index in [9.17, 15) is 40.7 Å². The molecular weight excluding hydrogens is 3940 g/mol. The first-order valence-electron chi connectivity index (χ1n) is 28.3. The van der Waals surface area contributed by atoms with E-state index in [-0.39, 0.29) is 85.0 Å². The van der Waals surface area contributed by atoms with Crippen LogP contribution in [0.5, 0.6) is 11.5 Å². The molecule has 6 aromatic rings. The Kier molecular flexibility index (Phi) is 52.3. The van der Waals surface area contributed by atoms with Gasteiger partial charge >= 0.3 is 328 Å². The monoisotopic (exact) mass is 4000 g/mol. The number of carbonyl (C=O) groups excluding carboxylic acids is 3. The molecule has 45 heteroatoms. The molecule has 0 saturated carbocycles. The number of nitrogens with one attached hydrogen (secondary N) is 3. The molecule has 2 amide bonds. The second kappa shape index (κ2) is 52.4. The number of hydrogen-bond acceptors (Lipinski definition) is 13. The molecular formula is C56H64BF6I23N10O5-. The molecule has 4 heterocycles. The standard InChI is InChI=1S/C28H30BF3N5O3.C27H30F3N5O2.CH4.I23/c1-40-25-14-21(19-10-12-37(13-11-19)29-17-38)7-9-24(25)36-27-34-16-22(28(30,31)32)23(35-27)8-6-18-4-2-3-5-20(18)15-26(33)39;1-37-24-14-20(18-10-12-32-13-11-18)7-9-23(24)35-26-33-16-21(27(28,29)30)22(34-26)8-6-17-4-2-3-5-19(17)15-25(31)36;;1-13-15(4)17(6)19(8)21(10)23(12)22(11)20(9)18(7)16(5)14(2)3/h2-5,7,9,14,16-17,19H,6,8,10-13,15H2,1H3,(H2,33,39)(H,34,35,36);2-5,7,9,14,16,18,32H,6,8,10-13,15H2,1H3,(H2,31,36)(H,33,34,35);1H4;/q;;;-1. The Morgan fingerprint density at radius 2 is 0.970 bits per heavy atom. The number of alkyl halides is 6. The van der Waals surface area contributed by atoms with Gasteiger partial charge in [0.15, 0.2) is 0 Å². The van der Waals surface area contributed by atoms with Crippen LogP contribution in [0.25, 0.3) is 0 Å². The summed E-state index contributed by atoms with van der Waals surface area (Å²) in [7, 11) is 0.581. The molecule has 101 heavy (non-hydrogen) atoms. The Labute approximate surface area is 747 Å². The number of ether oxygens (including phenoxy) is 2. The molecule has 0 bridgehead atoms. The molecule has 2 aromatic heterocycles. The van der Waals surface area contributed by atoms with Crippen LogP contribution >= 0.6 is 302 Å². The van der Waals surface area contributed by atoms with Crippen molar-refractivity contribution in [2.24, 2.45) is 11.5 Å². The topological polar surface area (TPSA) is 213 Å². The molecule has 8 rings (SSSR count). The number of piperidine rings is 2. The summed E-state index contributed by atoms with van der Waals surface area (Å²) >= 11 is 37.6. The van der Waals surface area contributed by atoms with E-state index < -0.39 is 98.4 Å². The van der Waals surface area contributed by atoms with Crippen molar-refractivity contribution in [1.82, 2.24) is 30.1 Å². The van der Waals surface area contributed by atoms with E-state index >= 15 is 0 Å². The van der Waals surface area contributed by atoms with Crippen LogP contribution < -0.4 is 50.1 Å². The van der Waals surface area contributed by atoms with Gasteiger partial charge < -0.3 is 46.5 Å². The number of anilines is 4. The number of hydrogen-bond donors (Lipinski definition) is 5. The van der Waals surface area contributed by atoms with E-state index in [1.54, 1.807) is 69.1 Å². The predicted molar refractivity (Wildman–Crippen MR) is 596 cm³/mol. The van der Waals surface area contributed by atoms with Crippen molar-refractivity contribution in [3.63, 3.8) is 0 Å². The average molecular weight is 4000 g/mol. The SMILES string of the molecule is C.COc1cc(C2CCN([B]C=O)CC2)ccc1Nc1ncc(C(F)(F)F)c(CCc2ccccc2CC(N)=O)n1.COc1cc(C2CCNCC2)ccc1Nc1ncc(C(F)(F)F)c(CCc2ccccc2CC(N)=O)n1.I[I-]I(I)I(I)I(I)I(I)I(I)I(I)I(I)I(I)I(I)I(I)I. The van der Waals surface area contributed by atoms with Gasteiger partial charge in [0.1, 0.15) is 11.5 Å². The molecule has 15 nitrogen and oxygen atoms in total.